The molecule has 0 aliphatic heterocycles. The van der Waals surface area contributed by atoms with E-state index >= 15 is 0 Å². The number of carboxylic acids is 1. The van der Waals surface area contributed by atoms with E-state index in [9.17, 15) is 9.90 Å². The Balaban J connectivity index is 2.59. The SMILES string of the molecule is CC(c1ccco1)c1c(C(=O)O)cc(Cl)nc1Cl. The number of furan rings is 1. The lowest BCUT2D eigenvalue weighted by Crippen LogP contribution is -2.08. The topological polar surface area (TPSA) is 63.3 Å². The molecule has 2 aromatic heterocycles. The molecule has 4 nitrogen and oxygen atoms in total. The molecule has 0 aliphatic rings. The fraction of sp³-hybridized carbons (Fsp3) is 0.167. The Labute approximate surface area is 113 Å². The second-order valence-corrected chi connectivity index (χ2v) is 4.48. The predicted molar refractivity (Wildman–Crippen MR) is 67.4 cm³/mol. The molecule has 1 unspecified atom stereocenters. The first-order valence-corrected chi connectivity index (χ1v) is 5.89. The molecular weight excluding hydrogens is 277 g/mol. The molecule has 0 bridgehead atoms. The minimum absolute atomic E-state index is 0.0314. The van der Waals surface area contributed by atoms with E-state index in [4.69, 9.17) is 27.6 Å². The number of carbonyl (C=O) groups is 1. The summed E-state index contributed by atoms with van der Waals surface area (Å²) in [6.45, 7) is 1.79. The van der Waals surface area contributed by atoms with Crippen LogP contribution in [0.2, 0.25) is 10.3 Å². The number of carboxylic acid groups (broad SMARTS) is 1. The van der Waals surface area contributed by atoms with Gasteiger partial charge in [0.05, 0.1) is 11.8 Å². The molecule has 0 aromatic carbocycles. The van der Waals surface area contributed by atoms with Gasteiger partial charge in [-0.3, -0.25) is 0 Å². The number of nitrogens with zero attached hydrogens (tertiary/aromatic N) is 1. The third-order valence-electron chi connectivity index (χ3n) is 2.61. The lowest BCUT2D eigenvalue weighted by Gasteiger charge is -2.14. The van der Waals surface area contributed by atoms with Crippen LogP contribution in [0.15, 0.2) is 28.9 Å². The number of hydrogen-bond acceptors (Lipinski definition) is 3. The van der Waals surface area contributed by atoms with E-state index in [2.05, 4.69) is 4.98 Å². The standard InChI is InChI=1S/C12H9Cl2NO3/c1-6(8-3-2-4-18-8)10-7(12(16)17)5-9(13)15-11(10)14/h2-6H,1H3,(H,16,17). The molecule has 94 valence electrons. The summed E-state index contributed by atoms with van der Waals surface area (Å²) >= 11 is 11.7. The molecule has 0 saturated carbocycles. The molecular formula is C12H9Cl2NO3. The van der Waals surface area contributed by atoms with E-state index < -0.39 is 5.97 Å². The van der Waals surface area contributed by atoms with Crippen molar-refractivity contribution in [2.75, 3.05) is 0 Å². The largest absolute Gasteiger partial charge is 0.478 e. The quantitative estimate of drug-likeness (QED) is 0.871. The number of aromatic nitrogens is 1. The van der Waals surface area contributed by atoms with Crippen LogP contribution in [0.3, 0.4) is 0 Å². The highest BCUT2D eigenvalue weighted by molar-refractivity contribution is 6.33. The van der Waals surface area contributed by atoms with E-state index in [0.29, 0.717) is 11.3 Å². The summed E-state index contributed by atoms with van der Waals surface area (Å²) in [5.41, 5.74) is 0.424. The molecule has 2 aromatic rings. The van der Waals surface area contributed by atoms with Crippen LogP contribution in [0.5, 0.6) is 0 Å². The summed E-state index contributed by atoms with van der Waals surface area (Å²) < 4.78 is 5.26. The molecule has 0 spiro atoms. The number of aromatic carboxylic acids is 1. The maximum Gasteiger partial charge on any atom is 0.336 e. The Kier molecular flexibility index (Phi) is 3.59. The highest BCUT2D eigenvalue weighted by atomic mass is 35.5. The number of rotatable bonds is 3. The number of halogens is 2. The first kappa shape index (κ1) is 12.9. The Hall–Kier alpha value is -1.52. The summed E-state index contributed by atoms with van der Waals surface area (Å²) in [5.74, 6) is -0.804. The zero-order valence-corrected chi connectivity index (χ0v) is 10.9. The fourth-order valence-electron chi connectivity index (χ4n) is 1.76. The predicted octanol–water partition coefficient (Wildman–Crippen LogP) is 3.83. The highest BCUT2D eigenvalue weighted by Gasteiger charge is 2.23. The average Bonchev–Trinajstić information content (AvgIpc) is 2.80. The van der Waals surface area contributed by atoms with Crippen molar-refractivity contribution in [3.63, 3.8) is 0 Å². The van der Waals surface area contributed by atoms with Crippen molar-refractivity contribution in [1.29, 1.82) is 0 Å². The Bertz CT molecular complexity index is 581. The molecule has 6 heteroatoms. The molecule has 2 rings (SSSR count). The number of hydrogen-bond donors (Lipinski definition) is 1. The van der Waals surface area contributed by atoms with Gasteiger partial charge in [-0.15, -0.1) is 0 Å². The van der Waals surface area contributed by atoms with Gasteiger partial charge in [-0.2, -0.15) is 0 Å². The molecule has 0 amide bonds. The lowest BCUT2D eigenvalue weighted by atomic mass is 9.95. The lowest BCUT2D eigenvalue weighted by molar-refractivity contribution is 0.0695. The van der Waals surface area contributed by atoms with Crippen LogP contribution in [0, 0.1) is 0 Å². The van der Waals surface area contributed by atoms with Crippen molar-refractivity contribution in [2.24, 2.45) is 0 Å². The van der Waals surface area contributed by atoms with E-state index in [0.717, 1.165) is 0 Å². The first-order chi connectivity index (χ1) is 8.50. The van der Waals surface area contributed by atoms with Gasteiger partial charge in [0.25, 0.3) is 0 Å². The van der Waals surface area contributed by atoms with Gasteiger partial charge in [0.15, 0.2) is 0 Å². The molecule has 18 heavy (non-hydrogen) atoms. The molecule has 0 radical (unpaired) electrons. The summed E-state index contributed by atoms with van der Waals surface area (Å²) in [6, 6.07) is 4.76. The summed E-state index contributed by atoms with van der Waals surface area (Å²) in [5, 5.41) is 9.31. The second-order valence-electron chi connectivity index (χ2n) is 3.74. The van der Waals surface area contributed by atoms with E-state index in [1.807, 2.05) is 0 Å². The van der Waals surface area contributed by atoms with Crippen LogP contribution < -0.4 is 0 Å². The minimum Gasteiger partial charge on any atom is -0.478 e. The molecule has 0 fully saturated rings. The van der Waals surface area contributed by atoms with Gasteiger partial charge in [0, 0.05) is 11.5 Å². The smallest absolute Gasteiger partial charge is 0.336 e. The maximum atomic E-state index is 11.2. The van der Waals surface area contributed by atoms with Crippen LogP contribution in [0.4, 0.5) is 0 Å². The normalized spacial score (nSPS) is 12.4. The Morgan fingerprint density at radius 2 is 2.22 bits per heavy atom. The van der Waals surface area contributed by atoms with Crippen molar-refractivity contribution in [1.82, 2.24) is 4.98 Å². The van der Waals surface area contributed by atoms with Crippen molar-refractivity contribution in [3.05, 3.63) is 51.7 Å². The molecule has 1 N–H and O–H groups in total. The Morgan fingerprint density at radius 1 is 1.50 bits per heavy atom. The fourth-order valence-corrected chi connectivity index (χ4v) is 2.36. The molecule has 0 saturated heterocycles. The van der Waals surface area contributed by atoms with Gasteiger partial charge in [0.2, 0.25) is 0 Å². The Morgan fingerprint density at radius 3 is 2.78 bits per heavy atom. The van der Waals surface area contributed by atoms with Crippen LogP contribution in [-0.4, -0.2) is 16.1 Å². The van der Waals surface area contributed by atoms with Gasteiger partial charge < -0.3 is 9.52 Å². The monoisotopic (exact) mass is 285 g/mol. The zero-order chi connectivity index (χ0) is 13.3. The third kappa shape index (κ3) is 2.35. The minimum atomic E-state index is -1.10. The summed E-state index contributed by atoms with van der Waals surface area (Å²) in [7, 11) is 0. The van der Waals surface area contributed by atoms with Gasteiger partial charge in [-0.25, -0.2) is 9.78 Å². The summed E-state index contributed by atoms with van der Waals surface area (Å²) in [4.78, 5) is 15.1. The van der Waals surface area contributed by atoms with E-state index in [1.165, 1.54) is 12.3 Å². The third-order valence-corrected chi connectivity index (χ3v) is 3.10. The zero-order valence-electron chi connectivity index (χ0n) is 9.35. The van der Waals surface area contributed by atoms with Gasteiger partial charge in [-0.05, 0) is 18.2 Å². The van der Waals surface area contributed by atoms with Crippen LogP contribution >= 0.6 is 23.2 Å². The maximum absolute atomic E-state index is 11.2. The van der Waals surface area contributed by atoms with Crippen molar-refractivity contribution in [3.8, 4) is 0 Å². The van der Waals surface area contributed by atoms with Crippen LogP contribution in [0.1, 0.15) is 34.5 Å². The van der Waals surface area contributed by atoms with Gasteiger partial charge >= 0.3 is 5.97 Å². The second kappa shape index (κ2) is 5.00. The van der Waals surface area contributed by atoms with Crippen LogP contribution in [-0.2, 0) is 0 Å². The highest BCUT2D eigenvalue weighted by Crippen LogP contribution is 2.33. The molecule has 1 atom stereocenters. The van der Waals surface area contributed by atoms with Crippen molar-refractivity contribution >= 4 is 29.2 Å². The van der Waals surface area contributed by atoms with Gasteiger partial charge in [-0.1, -0.05) is 30.1 Å². The van der Waals surface area contributed by atoms with Crippen molar-refractivity contribution in [2.45, 2.75) is 12.8 Å². The van der Waals surface area contributed by atoms with E-state index in [-0.39, 0.29) is 21.8 Å². The molecule has 0 aliphatic carbocycles. The van der Waals surface area contributed by atoms with Crippen molar-refractivity contribution < 1.29 is 14.3 Å². The molecule has 2 heterocycles. The van der Waals surface area contributed by atoms with E-state index in [1.54, 1.807) is 19.1 Å². The average molecular weight is 286 g/mol. The van der Waals surface area contributed by atoms with Crippen LogP contribution in [0.25, 0.3) is 0 Å². The van der Waals surface area contributed by atoms with Gasteiger partial charge in [0.1, 0.15) is 16.1 Å². The first-order valence-electron chi connectivity index (χ1n) is 5.13. The number of pyridine rings is 1. The summed E-state index contributed by atoms with van der Waals surface area (Å²) in [6.07, 6.45) is 1.52.